The molecular formula is C65H118O5. The number of rotatable bonds is 57. The van der Waals surface area contributed by atoms with Crippen LogP contribution in [0.4, 0.5) is 0 Å². The number of carbonyl (C=O) groups excluding carboxylic acids is 2. The van der Waals surface area contributed by atoms with E-state index in [2.05, 4.69) is 81.5 Å². The Bertz CT molecular complexity index is 1200. The van der Waals surface area contributed by atoms with Gasteiger partial charge in [0.05, 0.1) is 6.61 Å². The van der Waals surface area contributed by atoms with E-state index in [1.165, 1.54) is 199 Å². The summed E-state index contributed by atoms with van der Waals surface area (Å²) >= 11 is 0. The lowest BCUT2D eigenvalue weighted by atomic mass is 10.0. The Hall–Kier alpha value is -2.40. The molecule has 408 valence electrons. The van der Waals surface area contributed by atoms with E-state index >= 15 is 0 Å². The van der Waals surface area contributed by atoms with E-state index in [-0.39, 0.29) is 25.2 Å². The predicted octanol–water partition coefficient (Wildman–Crippen LogP) is 21.2. The number of unbranched alkanes of at least 4 members (excludes halogenated alkanes) is 36. The van der Waals surface area contributed by atoms with Crippen LogP contribution < -0.4 is 0 Å². The predicted molar refractivity (Wildman–Crippen MR) is 307 cm³/mol. The molecule has 0 rings (SSSR count). The number of hydrogen-bond acceptors (Lipinski definition) is 5. The molecule has 70 heavy (non-hydrogen) atoms. The Labute approximate surface area is 436 Å². The van der Waals surface area contributed by atoms with Gasteiger partial charge < -0.3 is 14.2 Å². The fraction of sp³-hybridized carbons (Fsp3) is 0.815. The topological polar surface area (TPSA) is 61.8 Å². The lowest BCUT2D eigenvalue weighted by Crippen LogP contribution is -2.30. The van der Waals surface area contributed by atoms with Gasteiger partial charge in [0.25, 0.3) is 0 Å². The third kappa shape index (κ3) is 58.2. The molecule has 0 aliphatic rings. The average Bonchev–Trinajstić information content (AvgIpc) is 3.36. The first-order chi connectivity index (χ1) is 34.6. The molecule has 0 unspecified atom stereocenters. The summed E-state index contributed by atoms with van der Waals surface area (Å²) in [5, 5.41) is 0. The molecule has 0 aliphatic carbocycles. The van der Waals surface area contributed by atoms with Gasteiger partial charge in [-0.15, -0.1) is 0 Å². The van der Waals surface area contributed by atoms with Crippen LogP contribution in [0.3, 0.4) is 0 Å². The van der Waals surface area contributed by atoms with Gasteiger partial charge in [-0.2, -0.15) is 0 Å². The van der Waals surface area contributed by atoms with E-state index in [1.807, 2.05) is 0 Å². The molecule has 0 aliphatic heterocycles. The number of ether oxygens (including phenoxy) is 3. The van der Waals surface area contributed by atoms with Crippen LogP contribution in [0.15, 0.2) is 60.8 Å². The maximum atomic E-state index is 12.9. The van der Waals surface area contributed by atoms with Crippen molar-refractivity contribution in [2.24, 2.45) is 0 Å². The Kier molecular flexibility index (Phi) is 58.8. The molecule has 0 spiro atoms. The van der Waals surface area contributed by atoms with Crippen molar-refractivity contribution in [3.8, 4) is 0 Å². The number of allylic oxidation sites excluding steroid dienone is 10. The van der Waals surface area contributed by atoms with E-state index in [0.717, 1.165) is 83.5 Å². The van der Waals surface area contributed by atoms with Gasteiger partial charge in [-0.05, 0) is 64.2 Å². The molecule has 1 atom stereocenters. The van der Waals surface area contributed by atoms with E-state index in [4.69, 9.17) is 14.2 Å². The molecule has 5 heteroatoms. The van der Waals surface area contributed by atoms with Gasteiger partial charge in [0, 0.05) is 19.4 Å². The maximum Gasteiger partial charge on any atom is 0.306 e. The molecule has 0 aromatic heterocycles. The van der Waals surface area contributed by atoms with Crippen LogP contribution in [-0.4, -0.2) is 37.9 Å². The highest BCUT2D eigenvalue weighted by Crippen LogP contribution is 2.17. The van der Waals surface area contributed by atoms with Gasteiger partial charge in [-0.1, -0.05) is 300 Å². The molecule has 0 heterocycles. The van der Waals surface area contributed by atoms with Crippen LogP contribution in [-0.2, 0) is 23.8 Å². The second kappa shape index (κ2) is 60.9. The Morgan fingerprint density at radius 1 is 0.329 bits per heavy atom. The molecule has 0 aromatic carbocycles. The van der Waals surface area contributed by atoms with Crippen LogP contribution in [0.5, 0.6) is 0 Å². The Morgan fingerprint density at radius 3 is 1.03 bits per heavy atom. The SMILES string of the molecule is CC/C=C\C/C=C\C/C=C\C/C=C\C/C=C\CCCCCC(=O)OC[C@@H](COCCCCCCCCCCCCCCCCCC)OC(=O)CCCCCCCCCCCCCCCCCCCCC. The molecule has 0 saturated carbocycles. The third-order valence-electron chi connectivity index (χ3n) is 13.6. The van der Waals surface area contributed by atoms with Crippen LogP contribution >= 0.6 is 0 Å². The van der Waals surface area contributed by atoms with Crippen LogP contribution in [0.1, 0.15) is 316 Å². The Balaban J connectivity index is 4.29. The summed E-state index contributed by atoms with van der Waals surface area (Å²) in [4.78, 5) is 25.6. The molecule has 0 N–H and O–H groups in total. The van der Waals surface area contributed by atoms with Gasteiger partial charge in [-0.3, -0.25) is 9.59 Å². The van der Waals surface area contributed by atoms with Crippen molar-refractivity contribution in [3.63, 3.8) is 0 Å². The minimum atomic E-state index is -0.548. The first kappa shape index (κ1) is 67.6. The second-order valence-corrected chi connectivity index (χ2v) is 20.6. The zero-order chi connectivity index (χ0) is 50.6. The highest BCUT2D eigenvalue weighted by atomic mass is 16.6. The third-order valence-corrected chi connectivity index (χ3v) is 13.6. The zero-order valence-electron chi connectivity index (χ0n) is 47.0. The van der Waals surface area contributed by atoms with Crippen molar-refractivity contribution in [1.82, 2.24) is 0 Å². The van der Waals surface area contributed by atoms with E-state index in [1.54, 1.807) is 0 Å². The van der Waals surface area contributed by atoms with Crippen LogP contribution in [0.2, 0.25) is 0 Å². The van der Waals surface area contributed by atoms with Gasteiger partial charge in [0.1, 0.15) is 6.61 Å². The minimum Gasteiger partial charge on any atom is -0.462 e. The molecule has 0 fully saturated rings. The second-order valence-electron chi connectivity index (χ2n) is 20.6. The maximum absolute atomic E-state index is 12.9. The molecule has 0 amide bonds. The van der Waals surface area contributed by atoms with Gasteiger partial charge >= 0.3 is 11.9 Å². The Morgan fingerprint density at radius 2 is 0.643 bits per heavy atom. The van der Waals surface area contributed by atoms with E-state index < -0.39 is 6.10 Å². The molecule has 0 bridgehead atoms. The van der Waals surface area contributed by atoms with Crippen molar-refractivity contribution < 1.29 is 23.8 Å². The van der Waals surface area contributed by atoms with Crippen molar-refractivity contribution in [3.05, 3.63) is 60.8 Å². The van der Waals surface area contributed by atoms with Gasteiger partial charge in [-0.25, -0.2) is 0 Å². The highest BCUT2D eigenvalue weighted by Gasteiger charge is 2.17. The summed E-state index contributed by atoms with van der Waals surface area (Å²) in [5.74, 6) is -0.415. The molecule has 5 nitrogen and oxygen atoms in total. The monoisotopic (exact) mass is 979 g/mol. The van der Waals surface area contributed by atoms with E-state index in [0.29, 0.717) is 19.4 Å². The molecule has 0 aromatic rings. The first-order valence-corrected chi connectivity index (χ1v) is 30.8. The average molecular weight is 980 g/mol. The summed E-state index contributed by atoms with van der Waals surface area (Å²) in [6, 6.07) is 0. The normalized spacial score (nSPS) is 12.6. The number of esters is 2. The van der Waals surface area contributed by atoms with Crippen molar-refractivity contribution in [2.45, 2.75) is 322 Å². The standard InChI is InChI=1S/C65H118O5/c1-4-7-10-13-16-19-22-25-28-31-33-35-37-40-43-46-49-52-55-58-64(66)69-62-63(61-68-60-57-54-51-48-45-42-39-30-27-24-21-18-15-12-9-6-3)70-65(67)59-56-53-50-47-44-41-38-36-34-32-29-26-23-20-17-14-11-8-5-2/h7,10,16,19,25,28,33,35,40,43,63H,4-6,8-9,11-15,17-18,20-24,26-27,29-32,34,36-39,41-42,44-62H2,1-3H3/b10-7-,19-16-,28-25-,35-33-,43-40-/t63-/m1/s1. The summed E-state index contributed by atoms with van der Waals surface area (Å²) in [6.45, 7) is 7.75. The van der Waals surface area contributed by atoms with Crippen LogP contribution in [0, 0.1) is 0 Å². The van der Waals surface area contributed by atoms with Crippen molar-refractivity contribution >= 4 is 11.9 Å². The first-order valence-electron chi connectivity index (χ1n) is 30.8. The van der Waals surface area contributed by atoms with Crippen LogP contribution in [0.25, 0.3) is 0 Å². The fourth-order valence-corrected chi connectivity index (χ4v) is 9.01. The summed E-state index contributed by atoms with van der Waals surface area (Å²) in [5.41, 5.74) is 0. The summed E-state index contributed by atoms with van der Waals surface area (Å²) < 4.78 is 17.5. The largest absolute Gasteiger partial charge is 0.462 e. The smallest absolute Gasteiger partial charge is 0.306 e. The van der Waals surface area contributed by atoms with Gasteiger partial charge in [0.2, 0.25) is 0 Å². The lowest BCUT2D eigenvalue weighted by molar-refractivity contribution is -0.163. The highest BCUT2D eigenvalue weighted by molar-refractivity contribution is 5.70. The molecule has 0 radical (unpaired) electrons. The fourth-order valence-electron chi connectivity index (χ4n) is 9.01. The molecule has 0 saturated heterocycles. The van der Waals surface area contributed by atoms with Gasteiger partial charge in [0.15, 0.2) is 6.10 Å². The van der Waals surface area contributed by atoms with Crippen molar-refractivity contribution in [1.29, 1.82) is 0 Å². The minimum absolute atomic E-state index is 0.0722. The number of carbonyl (C=O) groups is 2. The molecular weight excluding hydrogens is 861 g/mol. The zero-order valence-corrected chi connectivity index (χ0v) is 47.0. The van der Waals surface area contributed by atoms with E-state index in [9.17, 15) is 9.59 Å². The quantitative estimate of drug-likeness (QED) is 0.0345. The number of hydrogen-bond donors (Lipinski definition) is 0. The lowest BCUT2D eigenvalue weighted by Gasteiger charge is -2.18. The van der Waals surface area contributed by atoms with Crippen molar-refractivity contribution in [2.75, 3.05) is 19.8 Å². The summed E-state index contributed by atoms with van der Waals surface area (Å²) in [6.07, 6.45) is 78.2. The summed E-state index contributed by atoms with van der Waals surface area (Å²) in [7, 11) is 0.